The van der Waals surface area contributed by atoms with Crippen molar-refractivity contribution in [3.8, 4) is 0 Å². The van der Waals surface area contributed by atoms with Crippen LogP contribution in [-0.2, 0) is 4.79 Å². The summed E-state index contributed by atoms with van der Waals surface area (Å²) in [6.07, 6.45) is 1.83. The van der Waals surface area contributed by atoms with Crippen LogP contribution in [0.25, 0.3) is 0 Å². The molecule has 1 rings (SSSR count). The summed E-state index contributed by atoms with van der Waals surface area (Å²) in [5, 5.41) is 3.01. The largest absolute Gasteiger partial charge is 0.340 e. The van der Waals surface area contributed by atoms with Gasteiger partial charge in [-0.1, -0.05) is 6.92 Å². The molecule has 0 spiro atoms. The zero-order valence-electron chi connectivity index (χ0n) is 9.96. The zero-order chi connectivity index (χ0) is 11.1. The van der Waals surface area contributed by atoms with Crippen molar-refractivity contribution in [1.82, 2.24) is 15.1 Å². The summed E-state index contributed by atoms with van der Waals surface area (Å²) in [6, 6.07) is 0. The molecule has 0 bridgehead atoms. The Morgan fingerprint density at radius 2 is 1.93 bits per heavy atom. The maximum Gasteiger partial charge on any atom is 0.223 e. The fraction of sp³-hybridized carbons (Fsp3) is 0.909. The van der Waals surface area contributed by atoms with E-state index in [0.29, 0.717) is 12.3 Å². The summed E-state index contributed by atoms with van der Waals surface area (Å²) in [6.45, 7) is 8.04. The molecule has 1 aliphatic rings. The Bertz CT molecular complexity index is 188. The molecule has 15 heavy (non-hydrogen) atoms. The summed E-state index contributed by atoms with van der Waals surface area (Å²) in [4.78, 5) is 16.1. The molecule has 0 radical (unpaired) electrons. The fourth-order valence-electron chi connectivity index (χ4n) is 1.93. The summed E-state index contributed by atoms with van der Waals surface area (Å²) in [7, 11) is 1.88. The number of carbonyl (C=O) groups is 1. The second-order valence-corrected chi connectivity index (χ2v) is 4.08. The topological polar surface area (TPSA) is 35.6 Å². The molecule has 0 atom stereocenters. The molecule has 1 N–H and O–H groups in total. The third-order valence-electron chi connectivity index (χ3n) is 2.85. The summed E-state index contributed by atoms with van der Waals surface area (Å²) in [5.74, 6) is 0.292. The average molecular weight is 213 g/mol. The Balaban J connectivity index is 2.21. The van der Waals surface area contributed by atoms with Gasteiger partial charge in [-0.25, -0.2) is 0 Å². The van der Waals surface area contributed by atoms with Gasteiger partial charge >= 0.3 is 0 Å². The van der Waals surface area contributed by atoms with Gasteiger partial charge in [0, 0.05) is 39.1 Å². The normalized spacial score (nSPS) is 18.1. The van der Waals surface area contributed by atoms with Gasteiger partial charge in [0.2, 0.25) is 5.91 Å². The highest BCUT2D eigenvalue weighted by Gasteiger charge is 2.19. The SMILES string of the molecule is CCCN1CCN(C(=O)CCNC)CC1. The molecule has 1 heterocycles. The van der Waals surface area contributed by atoms with E-state index in [9.17, 15) is 4.79 Å². The Morgan fingerprint density at radius 1 is 1.27 bits per heavy atom. The van der Waals surface area contributed by atoms with Crippen LogP contribution in [0.5, 0.6) is 0 Å². The molecule has 0 saturated carbocycles. The van der Waals surface area contributed by atoms with Crippen molar-refractivity contribution in [2.24, 2.45) is 0 Å². The first-order valence-electron chi connectivity index (χ1n) is 5.92. The Labute approximate surface area is 92.6 Å². The molecule has 4 nitrogen and oxygen atoms in total. The maximum absolute atomic E-state index is 11.7. The Hall–Kier alpha value is -0.610. The Morgan fingerprint density at radius 3 is 2.47 bits per heavy atom. The van der Waals surface area contributed by atoms with Crippen LogP contribution in [0, 0.1) is 0 Å². The van der Waals surface area contributed by atoms with Crippen LogP contribution in [-0.4, -0.2) is 62.0 Å². The monoisotopic (exact) mass is 213 g/mol. The van der Waals surface area contributed by atoms with Crippen LogP contribution in [0.2, 0.25) is 0 Å². The third-order valence-corrected chi connectivity index (χ3v) is 2.85. The first kappa shape index (κ1) is 12.5. The second-order valence-electron chi connectivity index (χ2n) is 4.08. The summed E-state index contributed by atoms with van der Waals surface area (Å²) < 4.78 is 0. The molecule has 0 aromatic heterocycles. The molecular weight excluding hydrogens is 190 g/mol. The van der Waals surface area contributed by atoms with Crippen molar-refractivity contribution >= 4 is 5.91 Å². The highest BCUT2D eigenvalue weighted by atomic mass is 16.2. The number of rotatable bonds is 5. The van der Waals surface area contributed by atoms with E-state index in [1.807, 2.05) is 11.9 Å². The van der Waals surface area contributed by atoms with Crippen molar-refractivity contribution in [3.05, 3.63) is 0 Å². The van der Waals surface area contributed by atoms with E-state index >= 15 is 0 Å². The lowest BCUT2D eigenvalue weighted by molar-refractivity contribution is -0.132. The minimum Gasteiger partial charge on any atom is -0.340 e. The smallest absolute Gasteiger partial charge is 0.223 e. The van der Waals surface area contributed by atoms with Crippen LogP contribution in [0.15, 0.2) is 0 Å². The number of hydrogen-bond donors (Lipinski definition) is 1. The van der Waals surface area contributed by atoms with E-state index in [1.54, 1.807) is 0 Å². The molecule has 1 saturated heterocycles. The van der Waals surface area contributed by atoms with Crippen LogP contribution in [0.4, 0.5) is 0 Å². The lowest BCUT2D eigenvalue weighted by Gasteiger charge is -2.34. The van der Waals surface area contributed by atoms with E-state index < -0.39 is 0 Å². The lowest BCUT2D eigenvalue weighted by Crippen LogP contribution is -2.49. The minimum absolute atomic E-state index is 0.292. The van der Waals surface area contributed by atoms with Gasteiger partial charge in [0.05, 0.1) is 0 Å². The molecule has 0 aromatic carbocycles. The molecule has 0 aromatic rings. The number of nitrogens with one attached hydrogen (secondary N) is 1. The van der Waals surface area contributed by atoms with Crippen molar-refractivity contribution in [1.29, 1.82) is 0 Å². The summed E-state index contributed by atoms with van der Waals surface area (Å²) in [5.41, 5.74) is 0. The van der Waals surface area contributed by atoms with Gasteiger partial charge < -0.3 is 10.2 Å². The maximum atomic E-state index is 11.7. The predicted octanol–water partition coefficient (Wildman–Crippen LogP) is 0.150. The van der Waals surface area contributed by atoms with Crippen LogP contribution in [0.1, 0.15) is 19.8 Å². The van der Waals surface area contributed by atoms with E-state index in [-0.39, 0.29) is 0 Å². The van der Waals surface area contributed by atoms with Crippen molar-refractivity contribution in [2.45, 2.75) is 19.8 Å². The van der Waals surface area contributed by atoms with E-state index in [1.165, 1.54) is 13.0 Å². The lowest BCUT2D eigenvalue weighted by atomic mass is 10.2. The molecule has 1 fully saturated rings. The average Bonchev–Trinajstić information content (AvgIpc) is 2.27. The first-order chi connectivity index (χ1) is 7.27. The molecule has 1 amide bonds. The van der Waals surface area contributed by atoms with Crippen LogP contribution in [0.3, 0.4) is 0 Å². The van der Waals surface area contributed by atoms with Crippen LogP contribution < -0.4 is 5.32 Å². The number of nitrogens with zero attached hydrogens (tertiary/aromatic N) is 2. The van der Waals surface area contributed by atoms with Crippen molar-refractivity contribution < 1.29 is 4.79 Å². The van der Waals surface area contributed by atoms with Gasteiger partial charge in [-0.05, 0) is 20.0 Å². The van der Waals surface area contributed by atoms with Gasteiger partial charge in [0.1, 0.15) is 0 Å². The molecule has 1 aliphatic heterocycles. The van der Waals surface area contributed by atoms with Gasteiger partial charge in [0.15, 0.2) is 0 Å². The standard InChI is InChI=1S/C11H23N3O/c1-3-6-13-7-9-14(10-8-13)11(15)4-5-12-2/h12H,3-10H2,1-2H3. The van der Waals surface area contributed by atoms with Gasteiger partial charge in [-0.3, -0.25) is 9.69 Å². The van der Waals surface area contributed by atoms with Crippen molar-refractivity contribution in [2.75, 3.05) is 46.3 Å². The third kappa shape index (κ3) is 4.18. The fourth-order valence-corrected chi connectivity index (χ4v) is 1.93. The molecule has 0 aliphatic carbocycles. The quantitative estimate of drug-likeness (QED) is 0.706. The molecule has 88 valence electrons. The summed E-state index contributed by atoms with van der Waals surface area (Å²) >= 11 is 0. The van der Waals surface area contributed by atoms with E-state index in [2.05, 4.69) is 17.1 Å². The zero-order valence-corrected chi connectivity index (χ0v) is 9.96. The number of hydrogen-bond acceptors (Lipinski definition) is 3. The molecular formula is C11H23N3O. The highest BCUT2D eigenvalue weighted by molar-refractivity contribution is 5.76. The second kappa shape index (κ2) is 6.80. The minimum atomic E-state index is 0.292. The molecule has 4 heteroatoms. The van der Waals surface area contributed by atoms with Gasteiger partial charge in [-0.15, -0.1) is 0 Å². The number of carbonyl (C=O) groups excluding carboxylic acids is 1. The van der Waals surface area contributed by atoms with Gasteiger partial charge in [0.25, 0.3) is 0 Å². The van der Waals surface area contributed by atoms with Crippen molar-refractivity contribution in [3.63, 3.8) is 0 Å². The van der Waals surface area contributed by atoms with E-state index in [0.717, 1.165) is 32.7 Å². The highest BCUT2D eigenvalue weighted by Crippen LogP contribution is 2.03. The van der Waals surface area contributed by atoms with Crippen LogP contribution >= 0.6 is 0 Å². The van der Waals surface area contributed by atoms with E-state index in [4.69, 9.17) is 0 Å². The number of piperazine rings is 1. The number of amides is 1. The molecule has 0 unspecified atom stereocenters. The van der Waals surface area contributed by atoms with Gasteiger partial charge in [-0.2, -0.15) is 0 Å². The predicted molar refractivity (Wildman–Crippen MR) is 61.9 cm³/mol. The first-order valence-corrected chi connectivity index (χ1v) is 5.92. The Kier molecular flexibility index (Phi) is 5.65.